The maximum atomic E-state index is 13.0. The molecule has 4 aromatic carbocycles. The molecular weight excluding hydrogens is 414 g/mol. The second-order valence-corrected chi connectivity index (χ2v) is 7.77. The fourth-order valence-electron chi connectivity index (χ4n) is 3.96. The van der Waals surface area contributed by atoms with E-state index in [4.69, 9.17) is 9.84 Å². The summed E-state index contributed by atoms with van der Waals surface area (Å²) in [4.78, 5) is 23.8. The number of aryl methyl sites for hydroxylation is 1. The van der Waals surface area contributed by atoms with Crippen molar-refractivity contribution in [3.8, 4) is 5.75 Å². The molecule has 1 amide bonds. The summed E-state index contributed by atoms with van der Waals surface area (Å²) in [5.74, 6) is -0.538. The molecule has 4 rings (SSSR count). The zero-order chi connectivity index (χ0) is 23.0. The zero-order valence-corrected chi connectivity index (χ0v) is 18.1. The Balaban J connectivity index is 1.50. The molecule has 0 aliphatic rings. The summed E-state index contributed by atoms with van der Waals surface area (Å²) in [5.41, 5.74) is 3.07. The molecule has 0 heterocycles. The largest absolute Gasteiger partial charge is 0.481 e. The molecule has 4 aromatic rings. The summed E-state index contributed by atoms with van der Waals surface area (Å²) in [7, 11) is 0. The molecule has 5 heteroatoms. The van der Waals surface area contributed by atoms with Crippen molar-refractivity contribution in [2.75, 3.05) is 6.61 Å². The lowest BCUT2D eigenvalue weighted by atomic mass is 9.97. The predicted molar refractivity (Wildman–Crippen MR) is 128 cm³/mol. The summed E-state index contributed by atoms with van der Waals surface area (Å²) in [5, 5.41) is 13.9. The van der Waals surface area contributed by atoms with Crippen LogP contribution in [0.4, 0.5) is 0 Å². The van der Waals surface area contributed by atoms with E-state index >= 15 is 0 Å². The van der Waals surface area contributed by atoms with E-state index in [1.807, 2.05) is 91.0 Å². The average Bonchev–Trinajstić information content (AvgIpc) is 2.85. The fourth-order valence-corrected chi connectivity index (χ4v) is 3.96. The molecule has 2 N–H and O–H groups in total. The minimum Gasteiger partial charge on any atom is -0.481 e. The van der Waals surface area contributed by atoms with E-state index in [0.717, 1.165) is 27.5 Å². The Hall–Kier alpha value is -4.12. The highest BCUT2D eigenvalue weighted by molar-refractivity contribution is 5.91. The van der Waals surface area contributed by atoms with E-state index in [1.165, 1.54) is 0 Å². The Kier molecular flexibility index (Phi) is 7.00. The van der Waals surface area contributed by atoms with Crippen LogP contribution in [0.15, 0.2) is 97.1 Å². The second-order valence-electron chi connectivity index (χ2n) is 7.77. The molecule has 0 aliphatic heterocycles. The molecule has 0 saturated heterocycles. The van der Waals surface area contributed by atoms with Crippen molar-refractivity contribution in [3.05, 3.63) is 114 Å². The van der Waals surface area contributed by atoms with E-state index in [2.05, 4.69) is 5.32 Å². The van der Waals surface area contributed by atoms with Crippen LogP contribution in [0.2, 0.25) is 0 Å². The molecule has 166 valence electrons. The number of carboxylic acids is 1. The minimum atomic E-state index is -1.02. The van der Waals surface area contributed by atoms with Gasteiger partial charge in [-0.1, -0.05) is 91.0 Å². The smallest absolute Gasteiger partial charge is 0.341 e. The van der Waals surface area contributed by atoms with Gasteiger partial charge in [0, 0.05) is 11.8 Å². The Morgan fingerprint density at radius 1 is 0.758 bits per heavy atom. The lowest BCUT2D eigenvalue weighted by Crippen LogP contribution is -2.29. The average molecular weight is 440 g/mol. The Labute approximate surface area is 192 Å². The van der Waals surface area contributed by atoms with Gasteiger partial charge < -0.3 is 15.2 Å². The highest BCUT2D eigenvalue weighted by atomic mass is 16.5. The summed E-state index contributed by atoms with van der Waals surface area (Å²) in [6.07, 6.45) is 0.886. The van der Waals surface area contributed by atoms with Crippen molar-refractivity contribution in [2.45, 2.75) is 18.9 Å². The fraction of sp³-hybridized carbons (Fsp3) is 0.143. The lowest BCUT2D eigenvalue weighted by Gasteiger charge is -2.20. The lowest BCUT2D eigenvalue weighted by molar-refractivity contribution is -0.139. The van der Waals surface area contributed by atoms with Crippen molar-refractivity contribution in [1.29, 1.82) is 0 Å². The first-order valence-electron chi connectivity index (χ1n) is 10.9. The van der Waals surface area contributed by atoms with Crippen LogP contribution < -0.4 is 10.1 Å². The summed E-state index contributed by atoms with van der Waals surface area (Å²) >= 11 is 0. The van der Waals surface area contributed by atoms with Gasteiger partial charge in [-0.2, -0.15) is 0 Å². The first-order valence-corrected chi connectivity index (χ1v) is 10.9. The number of hydrogen-bond acceptors (Lipinski definition) is 3. The molecule has 0 spiro atoms. The highest BCUT2D eigenvalue weighted by Gasteiger charge is 2.17. The maximum Gasteiger partial charge on any atom is 0.341 e. The third kappa shape index (κ3) is 5.57. The van der Waals surface area contributed by atoms with Crippen molar-refractivity contribution in [3.63, 3.8) is 0 Å². The summed E-state index contributed by atoms with van der Waals surface area (Å²) < 4.78 is 5.43. The predicted octanol–water partition coefficient (Wildman–Crippen LogP) is 5.14. The van der Waals surface area contributed by atoms with E-state index in [-0.39, 0.29) is 11.9 Å². The molecule has 0 aromatic heterocycles. The van der Waals surface area contributed by atoms with E-state index < -0.39 is 12.6 Å². The maximum absolute atomic E-state index is 13.0. The number of nitrogens with one attached hydrogen (secondary N) is 1. The number of carbonyl (C=O) groups is 2. The third-order valence-corrected chi connectivity index (χ3v) is 5.52. The van der Waals surface area contributed by atoms with Crippen LogP contribution in [0, 0.1) is 0 Å². The molecule has 0 saturated carbocycles. The summed E-state index contributed by atoms with van der Waals surface area (Å²) in [6, 6.07) is 31.0. The van der Waals surface area contributed by atoms with Crippen molar-refractivity contribution in [2.24, 2.45) is 0 Å². The van der Waals surface area contributed by atoms with Gasteiger partial charge in [0.2, 0.25) is 5.91 Å². The van der Waals surface area contributed by atoms with Gasteiger partial charge in [-0.3, -0.25) is 4.79 Å². The zero-order valence-electron chi connectivity index (χ0n) is 18.1. The van der Waals surface area contributed by atoms with Crippen molar-refractivity contribution in [1.82, 2.24) is 5.32 Å². The molecule has 0 fully saturated rings. The first-order chi connectivity index (χ1) is 16.1. The first kappa shape index (κ1) is 22.1. The summed E-state index contributed by atoms with van der Waals surface area (Å²) in [6.45, 7) is -0.397. The van der Waals surface area contributed by atoms with Crippen LogP contribution in [-0.4, -0.2) is 23.6 Å². The molecular formula is C28H25NO4. The van der Waals surface area contributed by atoms with E-state index in [9.17, 15) is 9.59 Å². The number of hydrogen-bond donors (Lipinski definition) is 2. The third-order valence-electron chi connectivity index (χ3n) is 5.52. The standard InChI is InChI=1S/C28H25NO4/c30-26(29-28(21-9-3-1-4-10-21)22-11-5-2-6-12-22)18-17-20-13-7-15-24-23(20)14-8-16-25(24)33-19-27(31)32/h1-16,28H,17-19H2,(H,29,30)(H,31,32). The van der Waals surface area contributed by atoms with E-state index in [1.54, 1.807) is 6.07 Å². The van der Waals surface area contributed by atoms with Crippen LogP contribution in [0.25, 0.3) is 10.8 Å². The number of benzene rings is 4. The van der Waals surface area contributed by atoms with Crippen LogP contribution in [0.1, 0.15) is 29.2 Å². The molecule has 0 aliphatic carbocycles. The van der Waals surface area contributed by atoms with Crippen LogP contribution in [-0.2, 0) is 16.0 Å². The second kappa shape index (κ2) is 10.5. The van der Waals surface area contributed by atoms with Crippen LogP contribution in [0.3, 0.4) is 0 Å². The molecule has 0 radical (unpaired) electrons. The van der Waals surface area contributed by atoms with E-state index in [0.29, 0.717) is 18.6 Å². The molecule has 5 nitrogen and oxygen atoms in total. The quantitative estimate of drug-likeness (QED) is 0.379. The van der Waals surface area contributed by atoms with Gasteiger partial charge in [-0.15, -0.1) is 0 Å². The van der Waals surface area contributed by atoms with Crippen molar-refractivity contribution < 1.29 is 19.4 Å². The Morgan fingerprint density at radius 2 is 1.36 bits per heavy atom. The van der Waals surface area contributed by atoms with Gasteiger partial charge in [0.25, 0.3) is 0 Å². The normalized spacial score (nSPS) is 10.8. The SMILES string of the molecule is O=C(O)COc1cccc2c(CCC(=O)NC(c3ccccc3)c3ccccc3)cccc12. The number of ether oxygens (including phenoxy) is 1. The van der Waals surface area contributed by atoms with Gasteiger partial charge in [0.1, 0.15) is 5.75 Å². The number of rotatable bonds is 9. The van der Waals surface area contributed by atoms with Crippen LogP contribution in [0.5, 0.6) is 5.75 Å². The molecule has 0 atom stereocenters. The number of carbonyl (C=O) groups excluding carboxylic acids is 1. The van der Waals surface area contributed by atoms with Gasteiger partial charge in [-0.05, 0) is 34.6 Å². The number of aliphatic carboxylic acids is 1. The number of amides is 1. The Morgan fingerprint density at radius 3 is 2.00 bits per heavy atom. The molecule has 0 bridgehead atoms. The molecule has 33 heavy (non-hydrogen) atoms. The number of carboxylic acid groups (broad SMARTS) is 1. The topological polar surface area (TPSA) is 75.6 Å². The van der Waals surface area contributed by atoms with Gasteiger partial charge in [0.15, 0.2) is 6.61 Å². The van der Waals surface area contributed by atoms with Gasteiger partial charge in [0.05, 0.1) is 6.04 Å². The minimum absolute atomic E-state index is 0.0389. The molecule has 0 unspecified atom stereocenters. The van der Waals surface area contributed by atoms with Crippen LogP contribution >= 0.6 is 0 Å². The number of fused-ring (bicyclic) bond motifs is 1. The monoisotopic (exact) mass is 439 g/mol. The van der Waals surface area contributed by atoms with Gasteiger partial charge in [-0.25, -0.2) is 4.79 Å². The van der Waals surface area contributed by atoms with Crippen molar-refractivity contribution >= 4 is 22.6 Å². The highest BCUT2D eigenvalue weighted by Crippen LogP contribution is 2.29. The Bertz CT molecular complexity index is 1200. The van der Waals surface area contributed by atoms with Gasteiger partial charge >= 0.3 is 5.97 Å².